The molecular weight excluding hydrogens is 492 g/mol. The lowest BCUT2D eigenvalue weighted by Crippen LogP contribution is -2.29. The standard InChI is InChI=1S/C32H36N2O5/c1-22-30-28(15-16-29(37)32(30)39-23(2)35)34(31(22)25-9-11-26(36)12-10-25)21-24-7-13-27(14-8-24)38-20-19-33-17-5-3-4-6-18-33/h7-16,36-37H,3-6,17-21H2,1-2H3. The fourth-order valence-electron chi connectivity index (χ4n) is 5.52. The molecule has 0 amide bonds. The van der Waals surface area contributed by atoms with Gasteiger partial charge in [0.1, 0.15) is 18.1 Å². The summed E-state index contributed by atoms with van der Waals surface area (Å²) in [5.74, 6) is 0.607. The van der Waals surface area contributed by atoms with Crippen LogP contribution >= 0.6 is 0 Å². The Hall–Kier alpha value is -3.97. The lowest BCUT2D eigenvalue weighted by molar-refractivity contribution is -0.131. The second-order valence-electron chi connectivity index (χ2n) is 10.3. The normalized spacial score (nSPS) is 14.3. The van der Waals surface area contributed by atoms with Gasteiger partial charge in [-0.3, -0.25) is 9.69 Å². The molecule has 3 aromatic carbocycles. The highest BCUT2D eigenvalue weighted by atomic mass is 16.5. The second kappa shape index (κ2) is 11.8. The van der Waals surface area contributed by atoms with Crippen molar-refractivity contribution in [3.8, 4) is 34.3 Å². The molecule has 0 unspecified atom stereocenters. The molecule has 1 saturated heterocycles. The summed E-state index contributed by atoms with van der Waals surface area (Å²) >= 11 is 0. The minimum Gasteiger partial charge on any atom is -0.508 e. The summed E-state index contributed by atoms with van der Waals surface area (Å²) in [5, 5.41) is 21.1. The van der Waals surface area contributed by atoms with E-state index in [1.54, 1.807) is 18.2 Å². The van der Waals surface area contributed by atoms with Gasteiger partial charge in [0.2, 0.25) is 0 Å². The molecule has 0 atom stereocenters. The van der Waals surface area contributed by atoms with Crippen molar-refractivity contribution >= 4 is 16.9 Å². The monoisotopic (exact) mass is 528 g/mol. The van der Waals surface area contributed by atoms with Gasteiger partial charge >= 0.3 is 5.97 Å². The van der Waals surface area contributed by atoms with Crippen molar-refractivity contribution in [2.75, 3.05) is 26.2 Å². The van der Waals surface area contributed by atoms with Gasteiger partial charge in [-0.25, -0.2) is 0 Å². The molecule has 204 valence electrons. The van der Waals surface area contributed by atoms with Crippen molar-refractivity contribution in [2.24, 2.45) is 0 Å². The van der Waals surface area contributed by atoms with Crippen LogP contribution in [-0.4, -0.2) is 51.9 Å². The summed E-state index contributed by atoms with van der Waals surface area (Å²) in [5.41, 5.74) is 4.61. The second-order valence-corrected chi connectivity index (χ2v) is 10.3. The van der Waals surface area contributed by atoms with Crippen LogP contribution in [0.25, 0.3) is 22.2 Å². The first-order valence-corrected chi connectivity index (χ1v) is 13.7. The third-order valence-corrected chi connectivity index (χ3v) is 7.43. The van der Waals surface area contributed by atoms with E-state index in [-0.39, 0.29) is 17.2 Å². The number of rotatable bonds is 8. The Labute approximate surface area is 229 Å². The molecule has 1 aromatic heterocycles. The number of aryl methyl sites for hydroxylation is 1. The van der Waals surface area contributed by atoms with E-state index in [1.165, 1.54) is 32.6 Å². The zero-order valence-electron chi connectivity index (χ0n) is 22.7. The van der Waals surface area contributed by atoms with E-state index in [9.17, 15) is 15.0 Å². The number of hydrogen-bond donors (Lipinski definition) is 2. The Balaban J connectivity index is 1.43. The van der Waals surface area contributed by atoms with Crippen molar-refractivity contribution < 1.29 is 24.5 Å². The van der Waals surface area contributed by atoms with Crippen LogP contribution in [0, 0.1) is 6.92 Å². The fraction of sp³-hybridized carbons (Fsp3) is 0.344. The third kappa shape index (κ3) is 6.04. The average molecular weight is 529 g/mol. The zero-order chi connectivity index (χ0) is 27.4. The largest absolute Gasteiger partial charge is 0.508 e. The summed E-state index contributed by atoms with van der Waals surface area (Å²) in [6.07, 6.45) is 5.21. The molecule has 0 radical (unpaired) electrons. The predicted molar refractivity (Wildman–Crippen MR) is 153 cm³/mol. The Bertz CT molecular complexity index is 1430. The molecule has 0 saturated carbocycles. The lowest BCUT2D eigenvalue weighted by Gasteiger charge is -2.19. The van der Waals surface area contributed by atoms with E-state index in [0.29, 0.717) is 18.5 Å². The Morgan fingerprint density at radius 3 is 2.26 bits per heavy atom. The van der Waals surface area contributed by atoms with E-state index in [2.05, 4.69) is 21.6 Å². The molecule has 0 bridgehead atoms. The van der Waals surface area contributed by atoms with Gasteiger partial charge in [0.25, 0.3) is 0 Å². The lowest BCUT2D eigenvalue weighted by atomic mass is 10.1. The number of phenolic OH excluding ortho intramolecular Hbond substituents is 2. The first-order valence-electron chi connectivity index (χ1n) is 13.7. The minimum atomic E-state index is -0.498. The van der Waals surface area contributed by atoms with E-state index < -0.39 is 5.97 Å². The molecule has 0 spiro atoms. The highest BCUT2D eigenvalue weighted by molar-refractivity contribution is 5.99. The average Bonchev–Trinajstić information content (AvgIpc) is 3.05. The number of carbonyl (C=O) groups is 1. The van der Waals surface area contributed by atoms with Gasteiger partial charge < -0.3 is 24.3 Å². The molecule has 1 aliphatic rings. The predicted octanol–water partition coefficient (Wildman–Crippen LogP) is 6.26. The molecule has 2 heterocycles. The summed E-state index contributed by atoms with van der Waals surface area (Å²) < 4.78 is 13.7. The molecular formula is C32H36N2O5. The maximum absolute atomic E-state index is 11.8. The van der Waals surface area contributed by atoms with E-state index >= 15 is 0 Å². The quantitative estimate of drug-likeness (QED) is 0.208. The van der Waals surface area contributed by atoms with Crippen molar-refractivity contribution in [1.82, 2.24) is 9.47 Å². The molecule has 5 rings (SSSR count). The van der Waals surface area contributed by atoms with Gasteiger partial charge in [0.05, 0.1) is 11.2 Å². The number of aromatic nitrogens is 1. The summed E-state index contributed by atoms with van der Waals surface area (Å²) in [6, 6.07) is 18.6. The maximum Gasteiger partial charge on any atom is 0.308 e. The molecule has 39 heavy (non-hydrogen) atoms. The number of esters is 1. The number of likely N-dealkylation sites (tertiary alicyclic amines) is 1. The minimum absolute atomic E-state index is 0.0862. The highest BCUT2D eigenvalue weighted by Gasteiger charge is 2.22. The Morgan fingerprint density at radius 1 is 0.897 bits per heavy atom. The van der Waals surface area contributed by atoms with Crippen LogP contribution in [-0.2, 0) is 11.3 Å². The topological polar surface area (TPSA) is 84.2 Å². The molecule has 1 fully saturated rings. The Morgan fingerprint density at radius 2 is 1.59 bits per heavy atom. The number of fused-ring (bicyclic) bond motifs is 1. The van der Waals surface area contributed by atoms with Crippen LogP contribution in [0.2, 0.25) is 0 Å². The number of nitrogens with zero attached hydrogens (tertiary/aromatic N) is 2. The SMILES string of the molecule is CC(=O)Oc1c(O)ccc2c1c(C)c(-c1ccc(O)cc1)n2Cc1ccc(OCCN2CCCCCC2)cc1. The van der Waals surface area contributed by atoms with Crippen LogP contribution in [0.1, 0.15) is 43.7 Å². The van der Waals surface area contributed by atoms with E-state index in [4.69, 9.17) is 9.47 Å². The number of hydrogen-bond acceptors (Lipinski definition) is 6. The molecule has 1 aliphatic heterocycles. The van der Waals surface area contributed by atoms with Crippen molar-refractivity contribution in [3.63, 3.8) is 0 Å². The van der Waals surface area contributed by atoms with E-state index in [1.807, 2.05) is 37.3 Å². The zero-order valence-corrected chi connectivity index (χ0v) is 22.7. The molecule has 2 N–H and O–H groups in total. The molecule has 7 nitrogen and oxygen atoms in total. The number of aromatic hydroxyl groups is 2. The third-order valence-electron chi connectivity index (χ3n) is 7.43. The van der Waals surface area contributed by atoms with Gasteiger partial charge in [-0.1, -0.05) is 25.0 Å². The first kappa shape index (κ1) is 26.6. The van der Waals surface area contributed by atoms with Crippen LogP contribution in [0.5, 0.6) is 23.0 Å². The number of phenols is 2. The molecule has 4 aromatic rings. The smallest absolute Gasteiger partial charge is 0.308 e. The highest BCUT2D eigenvalue weighted by Crippen LogP contribution is 2.43. The van der Waals surface area contributed by atoms with Crippen LogP contribution < -0.4 is 9.47 Å². The molecule has 0 aliphatic carbocycles. The van der Waals surface area contributed by atoms with Gasteiger partial charge in [0, 0.05) is 25.4 Å². The number of ether oxygens (including phenoxy) is 2. The summed E-state index contributed by atoms with van der Waals surface area (Å²) in [4.78, 5) is 14.3. The van der Waals surface area contributed by atoms with Gasteiger partial charge in [0.15, 0.2) is 11.5 Å². The Kier molecular flexibility index (Phi) is 8.07. The number of carbonyl (C=O) groups excluding carboxylic acids is 1. The van der Waals surface area contributed by atoms with E-state index in [0.717, 1.165) is 53.3 Å². The van der Waals surface area contributed by atoms with Crippen LogP contribution in [0.4, 0.5) is 0 Å². The van der Waals surface area contributed by atoms with Crippen molar-refractivity contribution in [1.29, 1.82) is 0 Å². The van der Waals surface area contributed by atoms with Crippen LogP contribution in [0.3, 0.4) is 0 Å². The summed E-state index contributed by atoms with van der Waals surface area (Å²) in [7, 11) is 0. The van der Waals surface area contributed by atoms with Gasteiger partial charge in [-0.2, -0.15) is 0 Å². The van der Waals surface area contributed by atoms with Crippen LogP contribution in [0.15, 0.2) is 60.7 Å². The fourth-order valence-corrected chi connectivity index (χ4v) is 5.52. The first-order chi connectivity index (χ1) is 18.9. The van der Waals surface area contributed by atoms with Crippen molar-refractivity contribution in [3.05, 3.63) is 71.8 Å². The number of benzene rings is 3. The van der Waals surface area contributed by atoms with Gasteiger partial charge in [-0.15, -0.1) is 0 Å². The van der Waals surface area contributed by atoms with Crippen molar-refractivity contribution in [2.45, 2.75) is 46.1 Å². The van der Waals surface area contributed by atoms with Gasteiger partial charge in [-0.05, 0) is 98.1 Å². The summed E-state index contributed by atoms with van der Waals surface area (Å²) in [6.45, 7) is 7.77. The maximum atomic E-state index is 11.8. The molecule has 7 heteroatoms.